The van der Waals surface area contributed by atoms with Gasteiger partial charge in [-0.2, -0.15) is 0 Å². The number of rotatable bonds is 9. The minimum Gasteiger partial charge on any atom is -0.490 e. The van der Waals surface area contributed by atoms with Gasteiger partial charge < -0.3 is 20.1 Å². The Morgan fingerprint density at radius 3 is 2.22 bits per heavy atom. The van der Waals surface area contributed by atoms with Crippen molar-refractivity contribution in [3.05, 3.63) is 53.6 Å². The number of ether oxygens (including phenoxy) is 2. The molecule has 27 heavy (non-hydrogen) atoms. The van der Waals surface area contributed by atoms with Crippen molar-refractivity contribution in [1.29, 1.82) is 0 Å². The third-order valence-electron chi connectivity index (χ3n) is 3.77. The molecular weight excluding hydrogens is 344 g/mol. The Hall–Kier alpha value is -3.02. The standard InChI is InChI=1S/C21H26N2O4/c1-4-26-19-11-6-16(14-20(19)27-5-2)12-13-22-21(25)17-7-9-18(10-8-17)23-15(3)24/h6-11,14H,4-5,12-13H2,1-3H3,(H,22,25)(H,23,24). The molecule has 2 rings (SSSR count). The molecule has 144 valence electrons. The zero-order chi connectivity index (χ0) is 19.6. The average Bonchev–Trinajstić information content (AvgIpc) is 2.64. The summed E-state index contributed by atoms with van der Waals surface area (Å²) < 4.78 is 11.2. The Bertz CT molecular complexity index is 772. The van der Waals surface area contributed by atoms with Crippen LogP contribution in [0.4, 0.5) is 5.69 Å². The Morgan fingerprint density at radius 2 is 1.59 bits per heavy atom. The first-order valence-corrected chi connectivity index (χ1v) is 9.07. The molecule has 0 atom stereocenters. The Labute approximate surface area is 159 Å². The van der Waals surface area contributed by atoms with Gasteiger partial charge in [0.05, 0.1) is 13.2 Å². The smallest absolute Gasteiger partial charge is 0.251 e. The van der Waals surface area contributed by atoms with Gasteiger partial charge in [0.2, 0.25) is 5.91 Å². The topological polar surface area (TPSA) is 76.7 Å². The number of carbonyl (C=O) groups is 2. The highest BCUT2D eigenvalue weighted by Crippen LogP contribution is 2.28. The molecule has 0 aliphatic heterocycles. The highest BCUT2D eigenvalue weighted by Gasteiger charge is 2.08. The maximum atomic E-state index is 12.2. The summed E-state index contributed by atoms with van der Waals surface area (Å²) in [5.74, 6) is 1.15. The molecule has 2 amide bonds. The monoisotopic (exact) mass is 370 g/mol. The fourth-order valence-corrected chi connectivity index (χ4v) is 2.58. The van der Waals surface area contributed by atoms with E-state index < -0.39 is 0 Å². The SMILES string of the molecule is CCOc1ccc(CCNC(=O)c2ccc(NC(C)=O)cc2)cc1OCC. The summed E-state index contributed by atoms with van der Waals surface area (Å²) in [5.41, 5.74) is 2.27. The van der Waals surface area contributed by atoms with E-state index in [4.69, 9.17) is 9.47 Å². The van der Waals surface area contributed by atoms with Gasteiger partial charge in [0.25, 0.3) is 5.91 Å². The van der Waals surface area contributed by atoms with Crippen LogP contribution in [0.1, 0.15) is 36.7 Å². The second kappa shape index (κ2) is 10.2. The molecular formula is C21H26N2O4. The van der Waals surface area contributed by atoms with Gasteiger partial charge >= 0.3 is 0 Å². The molecule has 0 spiro atoms. The predicted molar refractivity (Wildman–Crippen MR) is 106 cm³/mol. The van der Waals surface area contributed by atoms with Crippen LogP contribution >= 0.6 is 0 Å². The lowest BCUT2D eigenvalue weighted by Crippen LogP contribution is -2.25. The van der Waals surface area contributed by atoms with E-state index in [2.05, 4.69) is 10.6 Å². The van der Waals surface area contributed by atoms with Crippen molar-refractivity contribution >= 4 is 17.5 Å². The molecule has 0 bridgehead atoms. The highest BCUT2D eigenvalue weighted by molar-refractivity contribution is 5.95. The molecule has 6 nitrogen and oxygen atoms in total. The van der Waals surface area contributed by atoms with E-state index in [-0.39, 0.29) is 11.8 Å². The summed E-state index contributed by atoms with van der Waals surface area (Å²) in [5, 5.41) is 5.57. The van der Waals surface area contributed by atoms with Crippen molar-refractivity contribution in [2.75, 3.05) is 25.1 Å². The fourth-order valence-electron chi connectivity index (χ4n) is 2.58. The van der Waals surface area contributed by atoms with E-state index in [0.717, 1.165) is 17.1 Å². The molecule has 6 heteroatoms. The number of amides is 2. The minimum absolute atomic E-state index is 0.144. The van der Waals surface area contributed by atoms with Crippen LogP contribution in [0, 0.1) is 0 Å². The molecule has 0 aliphatic rings. The number of nitrogens with one attached hydrogen (secondary N) is 2. The van der Waals surface area contributed by atoms with Crippen LogP contribution in [0.5, 0.6) is 11.5 Å². The van der Waals surface area contributed by atoms with Crippen LogP contribution < -0.4 is 20.1 Å². The van der Waals surface area contributed by atoms with E-state index in [0.29, 0.717) is 37.4 Å². The van der Waals surface area contributed by atoms with Gasteiger partial charge in [0.1, 0.15) is 0 Å². The summed E-state index contributed by atoms with van der Waals surface area (Å²) in [6.07, 6.45) is 0.683. The number of benzene rings is 2. The first-order valence-electron chi connectivity index (χ1n) is 9.07. The summed E-state index contributed by atoms with van der Waals surface area (Å²) in [6, 6.07) is 12.6. The van der Waals surface area contributed by atoms with Crippen LogP contribution in [-0.2, 0) is 11.2 Å². The zero-order valence-corrected chi connectivity index (χ0v) is 16.0. The van der Waals surface area contributed by atoms with Gasteiger partial charge in [-0.1, -0.05) is 6.07 Å². The second-order valence-electron chi connectivity index (χ2n) is 5.91. The number of anilines is 1. The Morgan fingerprint density at radius 1 is 0.926 bits per heavy atom. The van der Waals surface area contributed by atoms with Gasteiger partial charge in [0, 0.05) is 24.7 Å². The van der Waals surface area contributed by atoms with Crippen molar-refractivity contribution < 1.29 is 19.1 Å². The maximum Gasteiger partial charge on any atom is 0.251 e. The largest absolute Gasteiger partial charge is 0.490 e. The van der Waals surface area contributed by atoms with Crippen molar-refractivity contribution in [2.45, 2.75) is 27.2 Å². The van der Waals surface area contributed by atoms with Crippen molar-refractivity contribution in [3.8, 4) is 11.5 Å². The van der Waals surface area contributed by atoms with Crippen LogP contribution in [0.15, 0.2) is 42.5 Å². The molecule has 0 aromatic heterocycles. The second-order valence-corrected chi connectivity index (χ2v) is 5.91. The molecule has 0 saturated heterocycles. The molecule has 2 aromatic rings. The summed E-state index contributed by atoms with van der Waals surface area (Å²) in [4.78, 5) is 23.3. The molecule has 0 fully saturated rings. The Kier molecular flexibility index (Phi) is 7.67. The summed E-state index contributed by atoms with van der Waals surface area (Å²) in [7, 11) is 0. The lowest BCUT2D eigenvalue weighted by atomic mass is 10.1. The third-order valence-corrected chi connectivity index (χ3v) is 3.77. The summed E-state index contributed by atoms with van der Waals surface area (Å²) in [6.45, 7) is 6.96. The molecule has 2 aromatic carbocycles. The number of carbonyl (C=O) groups excluding carboxylic acids is 2. The first kappa shape index (κ1) is 20.3. The van der Waals surface area contributed by atoms with Gasteiger partial charge in [-0.15, -0.1) is 0 Å². The van der Waals surface area contributed by atoms with Crippen molar-refractivity contribution in [1.82, 2.24) is 5.32 Å². The molecule has 2 N–H and O–H groups in total. The third kappa shape index (κ3) is 6.33. The first-order chi connectivity index (χ1) is 13.0. The Balaban J connectivity index is 1.90. The molecule has 0 radical (unpaired) electrons. The minimum atomic E-state index is -0.152. The van der Waals surface area contributed by atoms with E-state index in [9.17, 15) is 9.59 Å². The van der Waals surface area contributed by atoms with E-state index >= 15 is 0 Å². The normalized spacial score (nSPS) is 10.2. The molecule has 0 heterocycles. The zero-order valence-electron chi connectivity index (χ0n) is 16.0. The quantitative estimate of drug-likeness (QED) is 0.709. The summed E-state index contributed by atoms with van der Waals surface area (Å²) >= 11 is 0. The van der Waals surface area contributed by atoms with Crippen molar-refractivity contribution in [2.24, 2.45) is 0 Å². The van der Waals surface area contributed by atoms with Gasteiger partial charge in [-0.3, -0.25) is 9.59 Å². The van der Waals surface area contributed by atoms with Gasteiger partial charge in [-0.05, 0) is 62.2 Å². The molecule has 0 aliphatic carbocycles. The van der Waals surface area contributed by atoms with E-state index in [1.54, 1.807) is 24.3 Å². The highest BCUT2D eigenvalue weighted by atomic mass is 16.5. The van der Waals surface area contributed by atoms with Crippen molar-refractivity contribution in [3.63, 3.8) is 0 Å². The number of hydrogen-bond acceptors (Lipinski definition) is 4. The molecule has 0 unspecified atom stereocenters. The fraction of sp³-hybridized carbons (Fsp3) is 0.333. The number of hydrogen-bond donors (Lipinski definition) is 2. The van der Waals surface area contributed by atoms with Crippen LogP contribution in [0.25, 0.3) is 0 Å². The average molecular weight is 370 g/mol. The lowest BCUT2D eigenvalue weighted by molar-refractivity contribution is -0.114. The van der Waals surface area contributed by atoms with Crippen LogP contribution in [0.3, 0.4) is 0 Å². The van der Waals surface area contributed by atoms with Gasteiger partial charge in [0.15, 0.2) is 11.5 Å². The van der Waals surface area contributed by atoms with Gasteiger partial charge in [-0.25, -0.2) is 0 Å². The predicted octanol–water partition coefficient (Wildman–Crippen LogP) is 3.41. The van der Waals surface area contributed by atoms with Crippen LogP contribution in [0.2, 0.25) is 0 Å². The van der Waals surface area contributed by atoms with Crippen LogP contribution in [-0.4, -0.2) is 31.6 Å². The molecule has 0 saturated carbocycles. The maximum absolute atomic E-state index is 12.2. The lowest BCUT2D eigenvalue weighted by Gasteiger charge is -2.12. The van der Waals surface area contributed by atoms with E-state index in [1.807, 2.05) is 32.0 Å². The van der Waals surface area contributed by atoms with E-state index in [1.165, 1.54) is 6.92 Å².